The minimum Gasteiger partial charge on any atom is -0.360 e. The molecular formula is C15H23N3O2. The molecule has 0 bridgehead atoms. The van der Waals surface area contributed by atoms with Gasteiger partial charge >= 0.3 is 0 Å². The fraction of sp³-hybridized carbons (Fsp3) is 0.733. The molecule has 0 unspecified atom stereocenters. The molecule has 20 heavy (non-hydrogen) atoms. The molecule has 2 heterocycles. The Balaban J connectivity index is 1.61. The van der Waals surface area contributed by atoms with Gasteiger partial charge in [-0.1, -0.05) is 18.5 Å². The first-order valence-electron chi connectivity index (χ1n) is 7.63. The zero-order valence-corrected chi connectivity index (χ0v) is 12.3. The summed E-state index contributed by atoms with van der Waals surface area (Å²) in [7, 11) is 2.11. The summed E-state index contributed by atoms with van der Waals surface area (Å²) in [5, 5.41) is 7.04. The molecule has 2 fully saturated rings. The van der Waals surface area contributed by atoms with Gasteiger partial charge in [0.05, 0.1) is 0 Å². The molecule has 110 valence electrons. The number of amides is 1. The van der Waals surface area contributed by atoms with Crippen molar-refractivity contribution in [3.8, 4) is 0 Å². The second-order valence-corrected chi connectivity index (χ2v) is 6.24. The summed E-state index contributed by atoms with van der Waals surface area (Å²) in [5.74, 6) is 1.81. The minimum absolute atomic E-state index is 0.0953. The summed E-state index contributed by atoms with van der Waals surface area (Å²) >= 11 is 0. The zero-order valence-electron chi connectivity index (χ0n) is 12.3. The third-order valence-electron chi connectivity index (χ3n) is 4.34. The van der Waals surface area contributed by atoms with Crippen LogP contribution in [0.3, 0.4) is 0 Å². The molecule has 2 aliphatic rings. The maximum absolute atomic E-state index is 12.3. The van der Waals surface area contributed by atoms with Crippen molar-refractivity contribution in [3.05, 3.63) is 17.5 Å². The van der Waals surface area contributed by atoms with Crippen LogP contribution in [0, 0.1) is 5.92 Å². The molecule has 1 N–H and O–H groups in total. The van der Waals surface area contributed by atoms with Crippen LogP contribution >= 0.6 is 0 Å². The van der Waals surface area contributed by atoms with Crippen molar-refractivity contribution in [2.45, 2.75) is 44.6 Å². The van der Waals surface area contributed by atoms with Gasteiger partial charge in [-0.05, 0) is 32.2 Å². The van der Waals surface area contributed by atoms with Crippen molar-refractivity contribution in [1.82, 2.24) is 15.4 Å². The number of nitrogens with zero attached hydrogens (tertiary/aromatic N) is 2. The van der Waals surface area contributed by atoms with Gasteiger partial charge in [0, 0.05) is 31.1 Å². The van der Waals surface area contributed by atoms with Gasteiger partial charge in [0.25, 0.3) is 5.91 Å². The first-order valence-corrected chi connectivity index (χ1v) is 7.63. The van der Waals surface area contributed by atoms with Gasteiger partial charge < -0.3 is 14.7 Å². The van der Waals surface area contributed by atoms with E-state index in [1.807, 2.05) is 0 Å². The Morgan fingerprint density at radius 3 is 3.00 bits per heavy atom. The quantitative estimate of drug-likeness (QED) is 0.894. The Hall–Kier alpha value is -1.36. The number of nitrogens with one attached hydrogen (secondary N) is 1. The van der Waals surface area contributed by atoms with Crippen molar-refractivity contribution < 1.29 is 9.32 Å². The second kappa shape index (κ2) is 5.56. The van der Waals surface area contributed by atoms with Crippen molar-refractivity contribution >= 4 is 5.91 Å². The zero-order chi connectivity index (χ0) is 14.1. The lowest BCUT2D eigenvalue weighted by molar-refractivity contribution is 0.0920. The lowest BCUT2D eigenvalue weighted by Gasteiger charge is -2.18. The molecule has 1 amide bonds. The van der Waals surface area contributed by atoms with Crippen LogP contribution in [0.4, 0.5) is 0 Å². The summed E-state index contributed by atoms with van der Waals surface area (Å²) in [6, 6.07) is 2.04. The van der Waals surface area contributed by atoms with Gasteiger partial charge in [0.2, 0.25) is 0 Å². The molecule has 1 aliphatic heterocycles. The van der Waals surface area contributed by atoms with Crippen molar-refractivity contribution in [1.29, 1.82) is 0 Å². The predicted molar refractivity (Wildman–Crippen MR) is 75.6 cm³/mol. The molecule has 1 saturated carbocycles. The summed E-state index contributed by atoms with van der Waals surface area (Å²) in [4.78, 5) is 14.5. The minimum atomic E-state index is -0.0953. The number of likely N-dealkylation sites (N-methyl/N-ethyl adjacent to an activating group) is 1. The van der Waals surface area contributed by atoms with Crippen LogP contribution in [-0.2, 0) is 0 Å². The Labute approximate surface area is 119 Å². The highest BCUT2D eigenvalue weighted by atomic mass is 16.5. The Morgan fingerprint density at radius 2 is 2.30 bits per heavy atom. The molecule has 1 saturated heterocycles. The van der Waals surface area contributed by atoms with E-state index < -0.39 is 0 Å². The third kappa shape index (κ3) is 2.87. The van der Waals surface area contributed by atoms with Crippen molar-refractivity contribution in [3.63, 3.8) is 0 Å². The van der Waals surface area contributed by atoms with Crippen LogP contribution in [0.25, 0.3) is 0 Å². The number of likely N-dealkylation sites (tertiary alicyclic amines) is 1. The van der Waals surface area contributed by atoms with E-state index >= 15 is 0 Å². The molecule has 0 spiro atoms. The van der Waals surface area contributed by atoms with Gasteiger partial charge in [-0.25, -0.2) is 0 Å². The fourth-order valence-corrected chi connectivity index (χ4v) is 3.11. The van der Waals surface area contributed by atoms with E-state index in [0.717, 1.165) is 44.5 Å². The first kappa shape index (κ1) is 13.6. The van der Waals surface area contributed by atoms with E-state index in [2.05, 4.69) is 29.3 Å². The smallest absolute Gasteiger partial charge is 0.273 e. The van der Waals surface area contributed by atoms with Gasteiger partial charge in [-0.2, -0.15) is 0 Å². The van der Waals surface area contributed by atoms with E-state index in [1.165, 1.54) is 0 Å². The van der Waals surface area contributed by atoms with Crippen LogP contribution in [0.2, 0.25) is 0 Å². The maximum Gasteiger partial charge on any atom is 0.273 e. The van der Waals surface area contributed by atoms with Crippen molar-refractivity contribution in [2.75, 3.05) is 20.1 Å². The normalized spacial score (nSPS) is 26.9. The van der Waals surface area contributed by atoms with E-state index in [4.69, 9.17) is 4.52 Å². The summed E-state index contributed by atoms with van der Waals surface area (Å²) in [6.07, 6.45) is 4.62. The first-order chi connectivity index (χ1) is 9.67. The molecule has 0 aromatic carbocycles. The molecule has 2 atom stereocenters. The number of hydrogen-bond donors (Lipinski definition) is 1. The topological polar surface area (TPSA) is 58.4 Å². The predicted octanol–water partition coefficient (Wildman–Crippen LogP) is 2.01. The van der Waals surface area contributed by atoms with Gasteiger partial charge in [-0.15, -0.1) is 0 Å². The van der Waals surface area contributed by atoms with E-state index in [1.54, 1.807) is 6.07 Å². The Kier molecular flexibility index (Phi) is 3.78. The van der Waals surface area contributed by atoms with E-state index in [9.17, 15) is 4.79 Å². The number of carbonyl (C=O) groups excluding carboxylic acids is 1. The lowest BCUT2D eigenvalue weighted by atomic mass is 9.98. The molecule has 1 aromatic rings. The monoisotopic (exact) mass is 277 g/mol. The Morgan fingerprint density at radius 1 is 1.50 bits per heavy atom. The van der Waals surface area contributed by atoms with Crippen LogP contribution in [0.15, 0.2) is 10.6 Å². The Bertz CT molecular complexity index is 481. The summed E-state index contributed by atoms with van der Waals surface area (Å²) < 4.78 is 5.25. The molecular weight excluding hydrogens is 254 g/mol. The van der Waals surface area contributed by atoms with Crippen LogP contribution < -0.4 is 5.32 Å². The number of hydrogen-bond acceptors (Lipinski definition) is 4. The average Bonchev–Trinajstić information content (AvgIpc) is 3.04. The van der Waals surface area contributed by atoms with Crippen LogP contribution in [0.5, 0.6) is 0 Å². The molecule has 0 radical (unpaired) electrons. The largest absolute Gasteiger partial charge is 0.360 e. The molecule has 3 rings (SSSR count). The third-order valence-corrected chi connectivity index (χ3v) is 4.34. The standard InChI is InChI=1S/C15H23N3O2/c1-3-4-11-8-18(2)9-13(11)16-15(19)12-7-14(20-17-12)10-5-6-10/h7,10-11,13H,3-6,8-9H2,1-2H3,(H,16,19)/t11-,13-/m1/s1. The number of carbonyl (C=O) groups is 1. The lowest BCUT2D eigenvalue weighted by Crippen LogP contribution is -2.40. The van der Waals surface area contributed by atoms with Crippen LogP contribution in [-0.4, -0.2) is 42.1 Å². The highest BCUT2D eigenvalue weighted by Crippen LogP contribution is 2.40. The second-order valence-electron chi connectivity index (χ2n) is 6.24. The fourth-order valence-electron chi connectivity index (χ4n) is 3.11. The molecule has 1 aromatic heterocycles. The molecule has 1 aliphatic carbocycles. The van der Waals surface area contributed by atoms with Gasteiger partial charge in [-0.3, -0.25) is 4.79 Å². The highest BCUT2D eigenvalue weighted by Gasteiger charge is 2.33. The van der Waals surface area contributed by atoms with E-state index in [0.29, 0.717) is 17.5 Å². The van der Waals surface area contributed by atoms with E-state index in [-0.39, 0.29) is 11.9 Å². The maximum atomic E-state index is 12.3. The van der Waals surface area contributed by atoms with Crippen molar-refractivity contribution in [2.24, 2.45) is 5.92 Å². The molecule has 5 heteroatoms. The van der Waals surface area contributed by atoms with Gasteiger partial charge in [0.1, 0.15) is 5.76 Å². The summed E-state index contributed by atoms with van der Waals surface area (Å²) in [5.41, 5.74) is 0.428. The SMILES string of the molecule is CCC[C@@H]1CN(C)C[C@H]1NC(=O)c1cc(C2CC2)on1. The van der Waals surface area contributed by atoms with Gasteiger partial charge in [0.15, 0.2) is 5.69 Å². The highest BCUT2D eigenvalue weighted by molar-refractivity contribution is 5.92. The van der Waals surface area contributed by atoms with Crippen LogP contribution in [0.1, 0.15) is 54.8 Å². The summed E-state index contributed by atoms with van der Waals surface area (Å²) in [6.45, 7) is 4.17. The number of rotatable bonds is 5. The number of aromatic nitrogens is 1. The molecule has 5 nitrogen and oxygen atoms in total. The average molecular weight is 277 g/mol.